The van der Waals surface area contributed by atoms with E-state index in [0.717, 1.165) is 5.69 Å². The molecule has 11 heteroatoms. The summed E-state index contributed by atoms with van der Waals surface area (Å²) in [5.41, 5.74) is 2.43. The molecule has 4 aromatic rings. The van der Waals surface area contributed by atoms with E-state index in [1.54, 1.807) is 54.7 Å². The highest BCUT2D eigenvalue weighted by Crippen LogP contribution is 2.44. The number of amides is 1. The first kappa shape index (κ1) is 26.4. The Balaban J connectivity index is 1.56. The second-order valence-electron chi connectivity index (χ2n) is 8.69. The maximum absolute atomic E-state index is 12.0. The van der Waals surface area contributed by atoms with Crippen LogP contribution in [0.15, 0.2) is 83.4 Å². The number of halogens is 1. The molecule has 0 bridgehead atoms. The molecule has 2 atom stereocenters. The molecule has 2 aromatic carbocycles. The van der Waals surface area contributed by atoms with E-state index in [2.05, 4.69) is 15.6 Å². The molecule has 1 aliphatic rings. The Bertz CT molecular complexity index is 1540. The van der Waals surface area contributed by atoms with Crippen molar-refractivity contribution in [1.82, 2.24) is 10.3 Å². The number of aromatic nitrogens is 1. The number of furan rings is 1. The third kappa shape index (κ3) is 5.35. The molecule has 1 amide bonds. The molecule has 3 heterocycles. The molecule has 1 aliphatic heterocycles. The van der Waals surface area contributed by atoms with Crippen molar-refractivity contribution in [1.29, 1.82) is 0 Å². The molecule has 1 fully saturated rings. The zero-order valence-corrected chi connectivity index (χ0v) is 22.2. The molecule has 2 aromatic heterocycles. The fraction of sp³-hybridized carbons (Fsp3) is 0.143. The second kappa shape index (κ2) is 11.2. The SMILES string of the molecule is COCC(=O)Nc1ccc(N2C(=S)N[C@@H](c3ccccn3)[C@H]2c2ccc(-c3ccccc3C(=O)O)o2)cc1Cl. The third-order valence-corrected chi connectivity index (χ3v) is 6.85. The Hall–Kier alpha value is -4.25. The minimum atomic E-state index is -1.05. The first-order valence-corrected chi connectivity index (χ1v) is 12.7. The maximum Gasteiger partial charge on any atom is 0.336 e. The lowest BCUT2D eigenvalue weighted by molar-refractivity contribution is -0.119. The topological polar surface area (TPSA) is 117 Å². The summed E-state index contributed by atoms with van der Waals surface area (Å²) in [5, 5.41) is 16.5. The molecule has 3 N–H and O–H groups in total. The number of nitrogens with one attached hydrogen (secondary N) is 2. The van der Waals surface area contributed by atoms with Gasteiger partial charge in [-0.3, -0.25) is 9.78 Å². The number of carbonyl (C=O) groups excluding carboxylic acids is 1. The van der Waals surface area contributed by atoms with Gasteiger partial charge in [0, 0.05) is 24.6 Å². The maximum atomic E-state index is 12.0. The lowest BCUT2D eigenvalue weighted by atomic mass is 10.0. The van der Waals surface area contributed by atoms with E-state index >= 15 is 0 Å². The van der Waals surface area contributed by atoms with Gasteiger partial charge in [0.1, 0.15) is 24.2 Å². The van der Waals surface area contributed by atoms with E-state index in [1.807, 2.05) is 23.1 Å². The molecular weight excluding hydrogens is 540 g/mol. The van der Waals surface area contributed by atoms with Gasteiger partial charge in [0.05, 0.1) is 28.0 Å². The summed E-state index contributed by atoms with van der Waals surface area (Å²) in [6.07, 6.45) is 1.70. The van der Waals surface area contributed by atoms with E-state index in [9.17, 15) is 14.7 Å². The Kier molecular flexibility index (Phi) is 7.60. The van der Waals surface area contributed by atoms with Gasteiger partial charge in [0.25, 0.3) is 0 Å². The fourth-order valence-electron chi connectivity index (χ4n) is 4.54. The molecular formula is C28H23ClN4O5S. The Morgan fingerprint density at radius 3 is 2.67 bits per heavy atom. The van der Waals surface area contributed by atoms with Gasteiger partial charge >= 0.3 is 5.97 Å². The Morgan fingerprint density at radius 1 is 1.15 bits per heavy atom. The van der Waals surface area contributed by atoms with Gasteiger partial charge in [-0.15, -0.1) is 0 Å². The zero-order valence-electron chi connectivity index (χ0n) is 20.6. The average molecular weight is 563 g/mol. The van der Waals surface area contributed by atoms with Gasteiger partial charge in [0.15, 0.2) is 5.11 Å². The van der Waals surface area contributed by atoms with Crippen molar-refractivity contribution in [2.75, 3.05) is 23.9 Å². The van der Waals surface area contributed by atoms with E-state index in [0.29, 0.717) is 38.6 Å². The lowest BCUT2D eigenvalue weighted by Gasteiger charge is -2.26. The molecule has 1 saturated heterocycles. The molecule has 0 radical (unpaired) electrons. The number of carboxylic acids is 1. The summed E-state index contributed by atoms with van der Waals surface area (Å²) in [5.74, 6) is -0.424. The standard InChI is InChI=1S/C28H23ClN4O5S/c1-37-15-24(34)31-20-10-9-16(14-19(20)29)33-26(25(32-28(33)39)21-8-4-5-13-30-21)23-12-11-22(38-23)17-6-2-3-7-18(17)27(35)36/h2-14,25-26H,15H2,1H3,(H,31,34)(H,32,39)(H,35,36)/t25-,26+/m0/s1. The van der Waals surface area contributed by atoms with Gasteiger partial charge in [-0.05, 0) is 60.7 Å². The summed E-state index contributed by atoms with van der Waals surface area (Å²) >= 11 is 12.3. The van der Waals surface area contributed by atoms with Crippen molar-refractivity contribution in [3.8, 4) is 11.3 Å². The number of benzene rings is 2. The number of nitrogens with zero attached hydrogens (tertiary/aromatic N) is 2. The highest BCUT2D eigenvalue weighted by Gasteiger charge is 2.42. The number of hydrogen-bond acceptors (Lipinski definition) is 6. The van der Waals surface area contributed by atoms with Crippen LogP contribution in [0.5, 0.6) is 0 Å². The van der Waals surface area contributed by atoms with Crippen LogP contribution in [-0.4, -0.2) is 40.8 Å². The van der Waals surface area contributed by atoms with Crippen molar-refractivity contribution in [2.45, 2.75) is 12.1 Å². The summed E-state index contributed by atoms with van der Waals surface area (Å²) in [6, 6.07) is 20.1. The summed E-state index contributed by atoms with van der Waals surface area (Å²) in [7, 11) is 1.43. The number of carbonyl (C=O) groups is 2. The van der Waals surface area contributed by atoms with Crippen molar-refractivity contribution in [2.24, 2.45) is 0 Å². The molecule has 9 nitrogen and oxygen atoms in total. The first-order chi connectivity index (χ1) is 18.9. The van der Waals surface area contributed by atoms with Gasteiger partial charge in [0.2, 0.25) is 5.91 Å². The molecule has 0 spiro atoms. The number of pyridine rings is 1. The van der Waals surface area contributed by atoms with E-state index in [1.165, 1.54) is 13.2 Å². The highest BCUT2D eigenvalue weighted by molar-refractivity contribution is 7.80. The summed E-state index contributed by atoms with van der Waals surface area (Å²) in [6.45, 7) is -0.0993. The Labute approximate surface area is 234 Å². The normalized spacial score (nSPS) is 16.7. The van der Waals surface area contributed by atoms with Crippen LogP contribution in [0.25, 0.3) is 11.3 Å². The quantitative estimate of drug-likeness (QED) is 0.241. The minimum Gasteiger partial charge on any atom is -0.478 e. The van der Waals surface area contributed by atoms with Crippen LogP contribution in [0.1, 0.15) is 33.9 Å². The molecule has 39 heavy (non-hydrogen) atoms. The predicted molar refractivity (Wildman–Crippen MR) is 151 cm³/mol. The number of thiocarbonyl (C=S) groups is 1. The Morgan fingerprint density at radius 2 is 1.95 bits per heavy atom. The number of rotatable bonds is 8. The van der Waals surface area contributed by atoms with Crippen LogP contribution in [0.4, 0.5) is 11.4 Å². The smallest absolute Gasteiger partial charge is 0.336 e. The van der Waals surface area contributed by atoms with Gasteiger partial charge in [-0.1, -0.05) is 35.9 Å². The monoisotopic (exact) mass is 562 g/mol. The molecule has 198 valence electrons. The molecule has 0 saturated carbocycles. The summed E-state index contributed by atoms with van der Waals surface area (Å²) in [4.78, 5) is 30.2. The summed E-state index contributed by atoms with van der Waals surface area (Å²) < 4.78 is 11.2. The van der Waals surface area contributed by atoms with Gasteiger partial charge in [-0.25, -0.2) is 4.79 Å². The van der Waals surface area contributed by atoms with Crippen LogP contribution >= 0.6 is 23.8 Å². The van der Waals surface area contributed by atoms with E-state index in [-0.39, 0.29) is 24.1 Å². The molecule has 0 unspecified atom stereocenters. The van der Waals surface area contributed by atoms with Gasteiger partial charge in [-0.2, -0.15) is 0 Å². The molecule has 0 aliphatic carbocycles. The van der Waals surface area contributed by atoms with Gasteiger partial charge < -0.3 is 29.8 Å². The van der Waals surface area contributed by atoms with Crippen molar-refractivity contribution in [3.63, 3.8) is 0 Å². The molecule has 5 rings (SSSR count). The van der Waals surface area contributed by atoms with Crippen molar-refractivity contribution in [3.05, 3.63) is 101 Å². The highest BCUT2D eigenvalue weighted by atomic mass is 35.5. The number of carboxylic acid groups (broad SMARTS) is 1. The predicted octanol–water partition coefficient (Wildman–Crippen LogP) is 5.46. The number of aromatic carboxylic acids is 1. The second-order valence-corrected chi connectivity index (χ2v) is 9.49. The van der Waals surface area contributed by atoms with Crippen LogP contribution in [0.2, 0.25) is 5.02 Å². The zero-order chi connectivity index (χ0) is 27.5. The van der Waals surface area contributed by atoms with Crippen LogP contribution < -0.4 is 15.5 Å². The average Bonchev–Trinajstić information content (AvgIpc) is 3.55. The number of methoxy groups -OCH3 is 1. The van der Waals surface area contributed by atoms with E-state index in [4.69, 9.17) is 33.0 Å². The largest absolute Gasteiger partial charge is 0.478 e. The first-order valence-electron chi connectivity index (χ1n) is 11.9. The fourth-order valence-corrected chi connectivity index (χ4v) is 5.10. The van der Waals surface area contributed by atoms with Crippen molar-refractivity contribution >= 4 is 52.2 Å². The van der Waals surface area contributed by atoms with Crippen LogP contribution in [-0.2, 0) is 9.53 Å². The third-order valence-electron chi connectivity index (χ3n) is 6.22. The van der Waals surface area contributed by atoms with Crippen LogP contribution in [0, 0.1) is 0 Å². The number of hydrogen-bond donors (Lipinski definition) is 3. The van der Waals surface area contributed by atoms with Crippen LogP contribution in [0.3, 0.4) is 0 Å². The minimum absolute atomic E-state index is 0.0993. The lowest BCUT2D eigenvalue weighted by Crippen LogP contribution is -2.29. The number of ether oxygens (including phenoxy) is 1. The van der Waals surface area contributed by atoms with Crippen molar-refractivity contribution < 1.29 is 23.8 Å². The van der Waals surface area contributed by atoms with E-state index < -0.39 is 12.0 Å². The number of anilines is 2.